The van der Waals surface area contributed by atoms with Crippen LogP contribution in [0.5, 0.6) is 11.5 Å². The van der Waals surface area contributed by atoms with Gasteiger partial charge in [-0.15, -0.1) is 11.3 Å². The van der Waals surface area contributed by atoms with Gasteiger partial charge in [0.1, 0.15) is 11.5 Å². The van der Waals surface area contributed by atoms with Crippen LogP contribution in [-0.4, -0.2) is 14.2 Å². The number of hydrogen-bond acceptors (Lipinski definition) is 4. The molecular formula is C16H21NO2S. The summed E-state index contributed by atoms with van der Waals surface area (Å²) < 4.78 is 10.6. The monoisotopic (exact) mass is 291 g/mol. The van der Waals surface area contributed by atoms with E-state index in [-0.39, 0.29) is 6.04 Å². The predicted octanol–water partition coefficient (Wildman–Crippen LogP) is 4.50. The minimum Gasteiger partial charge on any atom is -0.497 e. The van der Waals surface area contributed by atoms with Gasteiger partial charge in [-0.25, -0.2) is 0 Å². The number of nitrogens with one attached hydrogen (secondary N) is 1. The van der Waals surface area contributed by atoms with Crippen molar-refractivity contribution in [1.29, 1.82) is 0 Å². The van der Waals surface area contributed by atoms with E-state index in [4.69, 9.17) is 9.47 Å². The molecule has 0 aliphatic rings. The molecule has 20 heavy (non-hydrogen) atoms. The third-order valence-corrected chi connectivity index (χ3v) is 4.60. The predicted molar refractivity (Wildman–Crippen MR) is 85.3 cm³/mol. The zero-order valence-electron chi connectivity index (χ0n) is 12.4. The number of rotatable bonds is 6. The maximum Gasteiger partial charge on any atom is 0.124 e. The summed E-state index contributed by atoms with van der Waals surface area (Å²) in [4.78, 5) is 2.75. The molecule has 2 aromatic rings. The molecule has 0 amide bonds. The lowest BCUT2D eigenvalue weighted by Crippen LogP contribution is -2.05. The molecule has 1 atom stereocenters. The van der Waals surface area contributed by atoms with Crippen LogP contribution in [0.3, 0.4) is 0 Å². The van der Waals surface area contributed by atoms with E-state index < -0.39 is 0 Å². The van der Waals surface area contributed by atoms with Crippen LogP contribution in [0.15, 0.2) is 30.3 Å². The molecule has 0 radical (unpaired) electrons. The highest BCUT2D eigenvalue weighted by atomic mass is 32.1. The van der Waals surface area contributed by atoms with Crippen LogP contribution in [-0.2, 0) is 6.42 Å². The summed E-state index contributed by atoms with van der Waals surface area (Å²) in [6.45, 7) is 4.35. The van der Waals surface area contributed by atoms with Crippen molar-refractivity contribution in [3.63, 3.8) is 0 Å². The lowest BCUT2D eigenvalue weighted by molar-refractivity contribution is 0.394. The summed E-state index contributed by atoms with van der Waals surface area (Å²) in [6.07, 6.45) is 1.09. The Labute approximate surface area is 124 Å². The average molecular weight is 291 g/mol. The summed E-state index contributed by atoms with van der Waals surface area (Å²) in [6, 6.07) is 10.5. The van der Waals surface area contributed by atoms with Gasteiger partial charge in [-0.05, 0) is 25.5 Å². The standard InChI is InChI=1S/C16H21NO2S/c1-5-15-6-7-16(20-15)11(2)17-12-8-13(18-3)10-14(9-12)19-4/h6-11,17H,5H2,1-4H3. The van der Waals surface area contributed by atoms with E-state index in [1.54, 1.807) is 14.2 Å². The molecule has 3 nitrogen and oxygen atoms in total. The van der Waals surface area contributed by atoms with E-state index in [1.807, 2.05) is 29.5 Å². The van der Waals surface area contributed by atoms with Crippen molar-refractivity contribution in [1.82, 2.24) is 0 Å². The zero-order chi connectivity index (χ0) is 14.5. The van der Waals surface area contributed by atoms with Gasteiger partial charge in [-0.2, -0.15) is 0 Å². The largest absolute Gasteiger partial charge is 0.497 e. The van der Waals surface area contributed by atoms with Crippen molar-refractivity contribution in [2.45, 2.75) is 26.3 Å². The Kier molecular flexibility index (Phi) is 4.90. The number of aryl methyl sites for hydroxylation is 1. The molecule has 108 valence electrons. The number of anilines is 1. The third kappa shape index (κ3) is 3.45. The minimum absolute atomic E-state index is 0.261. The van der Waals surface area contributed by atoms with Crippen LogP contribution in [0.4, 0.5) is 5.69 Å². The molecule has 0 aliphatic carbocycles. The second-order valence-electron chi connectivity index (χ2n) is 4.62. The molecule has 1 heterocycles. The van der Waals surface area contributed by atoms with Crippen LogP contribution in [0.1, 0.15) is 29.6 Å². The fourth-order valence-corrected chi connectivity index (χ4v) is 2.98. The van der Waals surface area contributed by atoms with Crippen molar-refractivity contribution in [2.75, 3.05) is 19.5 Å². The van der Waals surface area contributed by atoms with E-state index in [9.17, 15) is 0 Å². The minimum atomic E-state index is 0.261. The van der Waals surface area contributed by atoms with Gasteiger partial charge < -0.3 is 14.8 Å². The molecule has 1 N–H and O–H groups in total. The fourth-order valence-electron chi connectivity index (χ4n) is 2.03. The van der Waals surface area contributed by atoms with Crippen LogP contribution in [0.25, 0.3) is 0 Å². The van der Waals surface area contributed by atoms with Gasteiger partial charge in [0.05, 0.1) is 20.3 Å². The smallest absolute Gasteiger partial charge is 0.124 e. The van der Waals surface area contributed by atoms with E-state index in [2.05, 4.69) is 31.3 Å². The van der Waals surface area contributed by atoms with Crippen LogP contribution in [0, 0.1) is 0 Å². The van der Waals surface area contributed by atoms with Crippen molar-refractivity contribution in [2.24, 2.45) is 0 Å². The molecule has 0 aliphatic heterocycles. The second kappa shape index (κ2) is 6.66. The number of ether oxygens (including phenoxy) is 2. The number of methoxy groups -OCH3 is 2. The first-order valence-corrected chi connectivity index (χ1v) is 7.56. The molecule has 0 saturated heterocycles. The molecule has 0 saturated carbocycles. The third-order valence-electron chi connectivity index (χ3n) is 3.19. The van der Waals surface area contributed by atoms with Gasteiger partial charge in [0.25, 0.3) is 0 Å². The van der Waals surface area contributed by atoms with Crippen LogP contribution < -0.4 is 14.8 Å². The number of hydrogen-bond donors (Lipinski definition) is 1. The Bertz CT molecular complexity index is 543. The van der Waals surface area contributed by atoms with Crippen molar-refractivity contribution >= 4 is 17.0 Å². The number of benzene rings is 1. The zero-order valence-corrected chi connectivity index (χ0v) is 13.2. The second-order valence-corrected chi connectivity index (χ2v) is 5.82. The Balaban J connectivity index is 2.15. The maximum atomic E-state index is 5.29. The average Bonchev–Trinajstić information content (AvgIpc) is 2.95. The highest BCUT2D eigenvalue weighted by molar-refractivity contribution is 7.12. The first-order chi connectivity index (χ1) is 9.66. The van der Waals surface area contributed by atoms with E-state index >= 15 is 0 Å². The molecule has 1 aromatic carbocycles. The van der Waals surface area contributed by atoms with Crippen LogP contribution in [0.2, 0.25) is 0 Å². The fraction of sp³-hybridized carbons (Fsp3) is 0.375. The Morgan fingerprint density at radius 2 is 1.75 bits per heavy atom. The normalized spacial score (nSPS) is 12.0. The summed E-state index contributed by atoms with van der Waals surface area (Å²) in [5.74, 6) is 1.58. The molecule has 1 aromatic heterocycles. The van der Waals surface area contributed by atoms with Gasteiger partial charge in [0, 0.05) is 33.6 Å². The summed E-state index contributed by atoms with van der Waals surface area (Å²) in [5, 5.41) is 3.50. The van der Waals surface area contributed by atoms with Crippen molar-refractivity contribution in [3.8, 4) is 11.5 Å². The summed E-state index contributed by atoms with van der Waals surface area (Å²) >= 11 is 1.86. The van der Waals surface area contributed by atoms with Gasteiger partial charge in [-0.3, -0.25) is 0 Å². The maximum absolute atomic E-state index is 5.29. The van der Waals surface area contributed by atoms with Crippen LogP contribution >= 0.6 is 11.3 Å². The Morgan fingerprint density at radius 3 is 2.25 bits per heavy atom. The van der Waals surface area contributed by atoms with Gasteiger partial charge >= 0.3 is 0 Å². The summed E-state index contributed by atoms with van der Waals surface area (Å²) in [5.41, 5.74) is 1.00. The molecular weight excluding hydrogens is 270 g/mol. The van der Waals surface area contributed by atoms with Gasteiger partial charge in [-0.1, -0.05) is 6.92 Å². The molecule has 0 spiro atoms. The number of thiophene rings is 1. The summed E-state index contributed by atoms with van der Waals surface area (Å²) in [7, 11) is 3.32. The Morgan fingerprint density at radius 1 is 1.10 bits per heavy atom. The SMILES string of the molecule is CCc1ccc(C(C)Nc2cc(OC)cc(OC)c2)s1. The molecule has 0 bridgehead atoms. The first-order valence-electron chi connectivity index (χ1n) is 6.74. The topological polar surface area (TPSA) is 30.5 Å². The molecule has 2 rings (SSSR count). The van der Waals surface area contributed by atoms with E-state index in [1.165, 1.54) is 9.75 Å². The Hall–Kier alpha value is -1.68. The van der Waals surface area contributed by atoms with Crippen molar-refractivity contribution in [3.05, 3.63) is 40.1 Å². The lowest BCUT2D eigenvalue weighted by atomic mass is 10.2. The quantitative estimate of drug-likeness (QED) is 0.850. The van der Waals surface area contributed by atoms with E-state index in [0.717, 1.165) is 23.6 Å². The van der Waals surface area contributed by atoms with Gasteiger partial charge in [0.15, 0.2) is 0 Å². The molecule has 4 heteroatoms. The molecule has 0 fully saturated rings. The highest BCUT2D eigenvalue weighted by Crippen LogP contribution is 2.30. The van der Waals surface area contributed by atoms with Gasteiger partial charge in [0.2, 0.25) is 0 Å². The molecule has 1 unspecified atom stereocenters. The highest BCUT2D eigenvalue weighted by Gasteiger charge is 2.10. The lowest BCUT2D eigenvalue weighted by Gasteiger charge is -2.15. The first kappa shape index (κ1) is 14.7. The van der Waals surface area contributed by atoms with Crippen molar-refractivity contribution < 1.29 is 9.47 Å². The van der Waals surface area contributed by atoms with E-state index in [0.29, 0.717) is 0 Å².